The summed E-state index contributed by atoms with van der Waals surface area (Å²) in [7, 11) is 0. The van der Waals surface area contributed by atoms with Gasteiger partial charge in [-0.15, -0.1) is 0 Å². The van der Waals surface area contributed by atoms with Crippen LogP contribution >= 0.6 is 0 Å². The van der Waals surface area contributed by atoms with E-state index in [0.29, 0.717) is 11.6 Å². The second-order valence-electron chi connectivity index (χ2n) is 4.07. The molecule has 0 spiro atoms. The number of furan rings is 1. The predicted octanol–water partition coefficient (Wildman–Crippen LogP) is 1.15. The first kappa shape index (κ1) is 13.0. The first-order valence-corrected chi connectivity index (χ1v) is 5.76. The van der Waals surface area contributed by atoms with Gasteiger partial charge < -0.3 is 15.2 Å². The summed E-state index contributed by atoms with van der Waals surface area (Å²) in [5, 5.41) is 2.78. The van der Waals surface area contributed by atoms with Gasteiger partial charge in [0, 0.05) is 0 Å². The molecule has 2 aromatic rings. The molecule has 0 aliphatic rings. The van der Waals surface area contributed by atoms with Gasteiger partial charge in [0.25, 0.3) is 5.91 Å². The summed E-state index contributed by atoms with van der Waals surface area (Å²) in [4.78, 5) is 19.8. The molecule has 7 heteroatoms. The Morgan fingerprint density at radius 3 is 2.68 bits per heavy atom. The van der Waals surface area contributed by atoms with Gasteiger partial charge in [-0.3, -0.25) is 4.79 Å². The van der Waals surface area contributed by atoms with Crippen LogP contribution in [0.2, 0.25) is 0 Å². The first-order valence-electron chi connectivity index (χ1n) is 5.76. The second kappa shape index (κ2) is 5.49. The largest absolute Gasteiger partial charge is 0.464 e. The molecule has 2 heterocycles. The maximum absolute atomic E-state index is 11.9. The van der Waals surface area contributed by atoms with Crippen LogP contribution in [-0.4, -0.2) is 15.9 Å². The minimum atomic E-state index is -0.322. The third kappa shape index (κ3) is 3.08. The Labute approximate surface area is 110 Å². The molecule has 0 bridgehead atoms. The molecule has 0 aliphatic carbocycles. The van der Waals surface area contributed by atoms with E-state index in [4.69, 9.17) is 10.3 Å². The highest BCUT2D eigenvalue weighted by atomic mass is 16.3. The van der Waals surface area contributed by atoms with Gasteiger partial charge in [0.05, 0.1) is 18.4 Å². The molecular weight excluding hydrogens is 246 g/mol. The Morgan fingerprint density at radius 2 is 2.16 bits per heavy atom. The van der Waals surface area contributed by atoms with E-state index in [2.05, 4.69) is 20.7 Å². The highest BCUT2D eigenvalue weighted by molar-refractivity contribution is 5.92. The van der Waals surface area contributed by atoms with Crippen LogP contribution in [-0.2, 0) is 0 Å². The molecule has 0 saturated heterocycles. The number of hydrogen-bond acceptors (Lipinski definition) is 6. The molecule has 19 heavy (non-hydrogen) atoms. The first-order chi connectivity index (χ1) is 9.10. The lowest BCUT2D eigenvalue weighted by Crippen LogP contribution is -2.27. The molecule has 0 aromatic carbocycles. The summed E-state index contributed by atoms with van der Waals surface area (Å²) in [5.74, 6) is 6.74. The third-order valence-corrected chi connectivity index (χ3v) is 2.57. The topological polar surface area (TPSA) is 106 Å². The number of amides is 1. The fraction of sp³-hybridized carbons (Fsp3) is 0.250. The number of nitrogens with two attached hydrogens (primary N) is 1. The van der Waals surface area contributed by atoms with E-state index in [9.17, 15) is 4.79 Å². The van der Waals surface area contributed by atoms with Crippen LogP contribution in [0.4, 0.5) is 5.82 Å². The summed E-state index contributed by atoms with van der Waals surface area (Å²) >= 11 is 0. The van der Waals surface area contributed by atoms with Crippen molar-refractivity contribution in [1.82, 2.24) is 15.3 Å². The highest BCUT2D eigenvalue weighted by Crippen LogP contribution is 2.15. The van der Waals surface area contributed by atoms with Crippen LogP contribution in [0.3, 0.4) is 0 Å². The smallest absolute Gasteiger partial charge is 0.272 e. The number of hydrogen-bond donors (Lipinski definition) is 3. The number of rotatable bonds is 4. The van der Waals surface area contributed by atoms with Gasteiger partial charge in [-0.25, -0.2) is 15.8 Å². The van der Waals surface area contributed by atoms with E-state index in [0.717, 1.165) is 5.76 Å². The summed E-state index contributed by atoms with van der Waals surface area (Å²) < 4.78 is 5.44. The van der Waals surface area contributed by atoms with Crippen LogP contribution in [0.15, 0.2) is 28.9 Å². The van der Waals surface area contributed by atoms with Crippen molar-refractivity contribution >= 4 is 11.7 Å². The summed E-state index contributed by atoms with van der Waals surface area (Å²) in [6.45, 7) is 3.68. The zero-order valence-corrected chi connectivity index (χ0v) is 10.7. The number of carbonyl (C=O) groups is 1. The van der Waals surface area contributed by atoms with E-state index in [1.807, 2.05) is 26.0 Å². The van der Waals surface area contributed by atoms with Gasteiger partial charge in [-0.1, -0.05) is 0 Å². The number of nitrogen functional groups attached to an aromatic ring is 1. The van der Waals surface area contributed by atoms with Crippen LogP contribution < -0.4 is 16.6 Å². The van der Waals surface area contributed by atoms with Crippen LogP contribution in [0, 0.1) is 6.92 Å². The number of anilines is 1. The second-order valence-corrected chi connectivity index (χ2v) is 4.07. The lowest BCUT2D eigenvalue weighted by atomic mass is 10.2. The molecule has 1 atom stereocenters. The Kier molecular flexibility index (Phi) is 3.76. The summed E-state index contributed by atoms with van der Waals surface area (Å²) in [5.41, 5.74) is 2.56. The Bertz CT molecular complexity index is 564. The molecule has 100 valence electrons. The van der Waals surface area contributed by atoms with E-state index in [1.54, 1.807) is 0 Å². The van der Waals surface area contributed by atoms with Gasteiger partial charge in [-0.05, 0) is 26.0 Å². The van der Waals surface area contributed by atoms with Crippen molar-refractivity contribution in [1.29, 1.82) is 0 Å². The minimum Gasteiger partial charge on any atom is -0.464 e. The molecule has 7 nitrogen and oxygen atoms in total. The van der Waals surface area contributed by atoms with Gasteiger partial charge >= 0.3 is 0 Å². The fourth-order valence-corrected chi connectivity index (χ4v) is 1.55. The lowest BCUT2D eigenvalue weighted by Gasteiger charge is -2.11. The number of aryl methyl sites for hydroxylation is 1. The molecule has 1 unspecified atom stereocenters. The van der Waals surface area contributed by atoms with Crippen molar-refractivity contribution < 1.29 is 9.21 Å². The molecule has 2 rings (SSSR count). The number of nitrogens with one attached hydrogen (secondary N) is 2. The Balaban J connectivity index is 2.03. The van der Waals surface area contributed by atoms with Crippen molar-refractivity contribution in [2.24, 2.45) is 5.84 Å². The molecule has 1 amide bonds. The van der Waals surface area contributed by atoms with Gasteiger partial charge in [-0.2, -0.15) is 0 Å². The monoisotopic (exact) mass is 261 g/mol. The number of aromatic nitrogens is 2. The van der Waals surface area contributed by atoms with Gasteiger partial charge in [0.2, 0.25) is 0 Å². The van der Waals surface area contributed by atoms with E-state index >= 15 is 0 Å². The molecule has 4 N–H and O–H groups in total. The standard InChI is InChI=1S/C12H15N5O2/c1-7-3-4-10(19-7)8(2)16-12(18)9-5-15-11(17-13)6-14-9/h3-6,8H,13H2,1-2H3,(H,15,17)(H,16,18). The average Bonchev–Trinajstić information content (AvgIpc) is 2.85. The maximum Gasteiger partial charge on any atom is 0.272 e. The van der Waals surface area contributed by atoms with E-state index in [1.165, 1.54) is 12.4 Å². The minimum absolute atomic E-state index is 0.217. The third-order valence-electron chi connectivity index (χ3n) is 2.57. The zero-order valence-electron chi connectivity index (χ0n) is 10.7. The molecule has 0 aliphatic heterocycles. The van der Waals surface area contributed by atoms with Crippen LogP contribution in [0.5, 0.6) is 0 Å². The quantitative estimate of drug-likeness (QED) is 0.563. The summed E-state index contributed by atoms with van der Waals surface area (Å²) in [6, 6.07) is 3.43. The summed E-state index contributed by atoms with van der Waals surface area (Å²) in [6.07, 6.45) is 2.74. The molecule has 0 saturated carbocycles. The lowest BCUT2D eigenvalue weighted by molar-refractivity contribution is 0.0929. The van der Waals surface area contributed by atoms with Crippen molar-refractivity contribution in [2.75, 3.05) is 5.43 Å². The fourth-order valence-electron chi connectivity index (χ4n) is 1.55. The Hall–Kier alpha value is -2.41. The van der Waals surface area contributed by atoms with E-state index in [-0.39, 0.29) is 17.6 Å². The zero-order chi connectivity index (χ0) is 13.8. The average molecular weight is 261 g/mol. The molecule has 0 fully saturated rings. The van der Waals surface area contributed by atoms with Crippen molar-refractivity contribution in [2.45, 2.75) is 19.9 Å². The van der Waals surface area contributed by atoms with Crippen molar-refractivity contribution in [3.8, 4) is 0 Å². The highest BCUT2D eigenvalue weighted by Gasteiger charge is 2.15. The SMILES string of the molecule is Cc1ccc(C(C)NC(=O)c2cnc(NN)cn2)o1. The van der Waals surface area contributed by atoms with Gasteiger partial charge in [0.15, 0.2) is 5.82 Å². The number of carbonyl (C=O) groups excluding carboxylic acids is 1. The van der Waals surface area contributed by atoms with Gasteiger partial charge in [0.1, 0.15) is 17.2 Å². The number of hydrazine groups is 1. The van der Waals surface area contributed by atoms with Crippen LogP contribution in [0.25, 0.3) is 0 Å². The number of nitrogens with zero attached hydrogens (tertiary/aromatic N) is 2. The van der Waals surface area contributed by atoms with E-state index < -0.39 is 0 Å². The molecule has 2 aromatic heterocycles. The molecule has 0 radical (unpaired) electrons. The van der Waals surface area contributed by atoms with Crippen LogP contribution in [0.1, 0.15) is 35.0 Å². The van der Waals surface area contributed by atoms with Crippen molar-refractivity contribution in [3.63, 3.8) is 0 Å². The molecular formula is C12H15N5O2. The van der Waals surface area contributed by atoms with Crippen molar-refractivity contribution in [3.05, 3.63) is 41.7 Å². The normalized spacial score (nSPS) is 11.9. The maximum atomic E-state index is 11.9. The Morgan fingerprint density at radius 1 is 1.37 bits per heavy atom. The predicted molar refractivity (Wildman–Crippen MR) is 69.2 cm³/mol.